The highest BCUT2D eigenvalue weighted by molar-refractivity contribution is 7.23. The number of nitrogens with zero attached hydrogens (tertiary/aromatic N) is 2. The Bertz CT molecular complexity index is 1220. The number of anilines is 2. The van der Waals surface area contributed by atoms with Crippen LogP contribution in [0.2, 0.25) is 0 Å². The number of hydrogen-bond donors (Lipinski definition) is 2. The van der Waals surface area contributed by atoms with Crippen molar-refractivity contribution < 1.29 is 4.79 Å². The van der Waals surface area contributed by atoms with Gasteiger partial charge in [-0.2, -0.15) is 0 Å². The molecular formula is C21H20N4OS2. The van der Waals surface area contributed by atoms with Gasteiger partial charge in [0.05, 0.1) is 15.9 Å². The molecule has 1 aliphatic carbocycles. The molecule has 0 saturated carbocycles. The van der Waals surface area contributed by atoms with Crippen molar-refractivity contribution in [3.8, 4) is 0 Å². The van der Waals surface area contributed by atoms with Gasteiger partial charge in [0.25, 0.3) is 5.91 Å². The molecule has 4 aromatic rings. The van der Waals surface area contributed by atoms with Crippen LogP contribution in [-0.2, 0) is 12.8 Å². The predicted octanol–water partition coefficient (Wildman–Crippen LogP) is 5.32. The molecule has 0 fully saturated rings. The summed E-state index contributed by atoms with van der Waals surface area (Å²) in [6, 6.07) is 8.22. The molecule has 1 aliphatic rings. The molecule has 3 heterocycles. The quantitative estimate of drug-likeness (QED) is 0.440. The number of rotatable bonds is 2. The number of pyridine rings is 1. The number of nitrogens with one attached hydrogen (secondary N) is 1. The van der Waals surface area contributed by atoms with E-state index < -0.39 is 0 Å². The Morgan fingerprint density at radius 3 is 2.86 bits per heavy atom. The number of carbonyl (C=O) groups excluding carboxylic acids is 1. The molecular weight excluding hydrogens is 388 g/mol. The van der Waals surface area contributed by atoms with Crippen LogP contribution in [0.4, 0.5) is 10.8 Å². The van der Waals surface area contributed by atoms with Gasteiger partial charge in [-0.1, -0.05) is 23.8 Å². The summed E-state index contributed by atoms with van der Waals surface area (Å²) in [5.74, 6) is -0.216. The van der Waals surface area contributed by atoms with Gasteiger partial charge >= 0.3 is 0 Å². The molecule has 0 spiro atoms. The summed E-state index contributed by atoms with van der Waals surface area (Å²) in [5.41, 5.74) is 11.4. The topological polar surface area (TPSA) is 80.9 Å². The van der Waals surface area contributed by atoms with Crippen molar-refractivity contribution in [2.24, 2.45) is 0 Å². The lowest BCUT2D eigenvalue weighted by atomic mass is 10.1. The summed E-state index contributed by atoms with van der Waals surface area (Å²) >= 11 is 2.84. The van der Waals surface area contributed by atoms with Gasteiger partial charge in [-0.3, -0.25) is 10.1 Å². The second-order valence-corrected chi connectivity index (χ2v) is 9.33. The third-order valence-electron chi connectivity index (χ3n) is 5.22. The zero-order chi connectivity index (χ0) is 19.3. The van der Waals surface area contributed by atoms with Crippen LogP contribution in [0, 0.1) is 6.92 Å². The van der Waals surface area contributed by atoms with Crippen LogP contribution in [0.25, 0.3) is 20.4 Å². The Hall–Kier alpha value is -2.51. The molecule has 142 valence electrons. The van der Waals surface area contributed by atoms with Crippen LogP contribution in [-0.4, -0.2) is 15.9 Å². The minimum absolute atomic E-state index is 0.216. The van der Waals surface area contributed by atoms with Gasteiger partial charge < -0.3 is 5.73 Å². The summed E-state index contributed by atoms with van der Waals surface area (Å²) in [5, 5.41) is 4.41. The highest BCUT2D eigenvalue weighted by Gasteiger charge is 2.21. The number of thiazole rings is 1. The maximum atomic E-state index is 12.9. The Labute approximate surface area is 170 Å². The van der Waals surface area contributed by atoms with Crippen LogP contribution in [0.1, 0.15) is 45.8 Å². The van der Waals surface area contributed by atoms with Crippen molar-refractivity contribution in [1.82, 2.24) is 9.97 Å². The summed E-state index contributed by atoms with van der Waals surface area (Å²) in [6.07, 6.45) is 5.66. The summed E-state index contributed by atoms with van der Waals surface area (Å²) in [7, 11) is 0. The van der Waals surface area contributed by atoms with E-state index in [1.165, 1.54) is 58.8 Å². The van der Waals surface area contributed by atoms with Gasteiger partial charge in [0.15, 0.2) is 5.13 Å². The number of benzene rings is 1. The smallest absolute Gasteiger partial charge is 0.269 e. The first-order chi connectivity index (χ1) is 13.6. The lowest BCUT2D eigenvalue weighted by Gasteiger charge is -2.04. The van der Waals surface area contributed by atoms with E-state index in [4.69, 9.17) is 10.7 Å². The predicted molar refractivity (Wildman–Crippen MR) is 118 cm³/mol. The molecule has 7 heteroatoms. The molecule has 0 bridgehead atoms. The number of fused-ring (bicyclic) bond motifs is 3. The third-order valence-corrected chi connectivity index (χ3v) is 7.27. The fourth-order valence-corrected chi connectivity index (χ4v) is 5.69. The highest BCUT2D eigenvalue weighted by Crippen LogP contribution is 2.36. The fraction of sp³-hybridized carbons (Fsp3) is 0.286. The van der Waals surface area contributed by atoms with E-state index in [1.54, 1.807) is 0 Å². The van der Waals surface area contributed by atoms with Crippen molar-refractivity contribution in [3.05, 3.63) is 46.0 Å². The van der Waals surface area contributed by atoms with E-state index in [1.807, 2.05) is 19.1 Å². The number of amides is 1. The Balaban J connectivity index is 1.49. The lowest BCUT2D eigenvalue weighted by molar-refractivity contribution is 0.103. The van der Waals surface area contributed by atoms with Crippen LogP contribution >= 0.6 is 22.7 Å². The standard InChI is InChI=1S/C21H20N4OS2/c1-11-7-8-15-16(9-11)27-21(24-15)25-19(26)18-17(22)13-10-12-5-3-2-4-6-14(12)23-20(13)28-18/h7-10H,2-6,22H2,1H3,(H,24,25,26). The number of nitrogens with two attached hydrogens (primary N) is 1. The molecule has 0 aliphatic heterocycles. The van der Waals surface area contributed by atoms with Crippen molar-refractivity contribution >= 4 is 59.8 Å². The molecule has 0 atom stereocenters. The molecule has 0 radical (unpaired) electrons. The molecule has 28 heavy (non-hydrogen) atoms. The maximum absolute atomic E-state index is 12.9. The van der Waals surface area contributed by atoms with Gasteiger partial charge in [-0.25, -0.2) is 9.97 Å². The molecule has 3 aromatic heterocycles. The van der Waals surface area contributed by atoms with Crippen LogP contribution in [0.15, 0.2) is 24.3 Å². The molecule has 1 aromatic carbocycles. The first-order valence-electron chi connectivity index (χ1n) is 9.48. The van der Waals surface area contributed by atoms with Gasteiger partial charge in [0, 0.05) is 11.1 Å². The van der Waals surface area contributed by atoms with Crippen molar-refractivity contribution in [1.29, 1.82) is 0 Å². The zero-order valence-electron chi connectivity index (χ0n) is 15.5. The Morgan fingerprint density at radius 1 is 1.11 bits per heavy atom. The number of hydrogen-bond acceptors (Lipinski definition) is 6. The number of carbonyl (C=O) groups is 1. The number of aryl methyl sites for hydroxylation is 3. The zero-order valence-corrected chi connectivity index (χ0v) is 17.2. The average molecular weight is 409 g/mol. The maximum Gasteiger partial charge on any atom is 0.269 e. The first kappa shape index (κ1) is 17.6. The molecule has 5 nitrogen and oxygen atoms in total. The van der Waals surface area contributed by atoms with E-state index in [2.05, 4.69) is 22.4 Å². The van der Waals surface area contributed by atoms with Gasteiger partial charge in [0.2, 0.25) is 0 Å². The fourth-order valence-electron chi connectivity index (χ4n) is 3.74. The van der Waals surface area contributed by atoms with Crippen LogP contribution < -0.4 is 11.1 Å². The first-order valence-corrected chi connectivity index (χ1v) is 11.1. The summed E-state index contributed by atoms with van der Waals surface area (Å²) < 4.78 is 1.06. The van der Waals surface area contributed by atoms with Crippen molar-refractivity contribution in [2.45, 2.75) is 39.0 Å². The molecule has 3 N–H and O–H groups in total. The minimum Gasteiger partial charge on any atom is -0.397 e. The Kier molecular flexibility index (Phi) is 4.29. The van der Waals surface area contributed by atoms with Gasteiger partial charge in [0.1, 0.15) is 9.71 Å². The summed E-state index contributed by atoms with van der Waals surface area (Å²) in [6.45, 7) is 2.05. The molecule has 1 amide bonds. The summed E-state index contributed by atoms with van der Waals surface area (Å²) in [4.78, 5) is 23.6. The molecule has 0 saturated heterocycles. The number of thiophene rings is 1. The molecule has 5 rings (SSSR count). The number of nitrogen functional groups attached to an aromatic ring is 1. The van der Waals surface area contributed by atoms with E-state index >= 15 is 0 Å². The molecule has 0 unspecified atom stereocenters. The van der Waals surface area contributed by atoms with Crippen LogP contribution in [0.5, 0.6) is 0 Å². The van der Waals surface area contributed by atoms with E-state index in [-0.39, 0.29) is 5.91 Å². The SMILES string of the molecule is Cc1ccc2nc(NC(=O)c3sc4nc5c(cc4c3N)CCCCC5)sc2c1. The highest BCUT2D eigenvalue weighted by atomic mass is 32.1. The lowest BCUT2D eigenvalue weighted by Crippen LogP contribution is -2.11. The second kappa shape index (κ2) is 6.83. The monoisotopic (exact) mass is 408 g/mol. The average Bonchev–Trinajstić information content (AvgIpc) is 3.11. The second-order valence-electron chi connectivity index (χ2n) is 7.30. The third kappa shape index (κ3) is 3.04. The van der Waals surface area contributed by atoms with Crippen molar-refractivity contribution in [3.63, 3.8) is 0 Å². The Morgan fingerprint density at radius 2 is 1.96 bits per heavy atom. The minimum atomic E-state index is -0.216. The normalized spacial score (nSPS) is 14.2. The van der Waals surface area contributed by atoms with Crippen LogP contribution in [0.3, 0.4) is 0 Å². The van der Waals surface area contributed by atoms with Gasteiger partial charge in [-0.15, -0.1) is 11.3 Å². The van der Waals surface area contributed by atoms with Gasteiger partial charge in [-0.05, 0) is 61.9 Å². The van der Waals surface area contributed by atoms with E-state index in [0.717, 1.165) is 33.3 Å². The van der Waals surface area contributed by atoms with E-state index in [0.29, 0.717) is 15.7 Å². The van der Waals surface area contributed by atoms with E-state index in [9.17, 15) is 4.79 Å². The largest absolute Gasteiger partial charge is 0.397 e. The van der Waals surface area contributed by atoms with Crippen molar-refractivity contribution in [2.75, 3.05) is 11.1 Å². The number of aromatic nitrogens is 2.